The van der Waals surface area contributed by atoms with Crippen LogP contribution in [0.3, 0.4) is 0 Å². The molecule has 0 radical (unpaired) electrons. The molecule has 3 saturated carbocycles. The predicted octanol–water partition coefficient (Wildman–Crippen LogP) is 4.02. The smallest absolute Gasteiger partial charge is 0.247 e. The molecule has 2 heterocycles. The number of hydrogen-bond donors (Lipinski definition) is 1. The van der Waals surface area contributed by atoms with Gasteiger partial charge in [-0.25, -0.2) is 4.39 Å². The molecule has 0 aromatic heterocycles. The highest BCUT2D eigenvalue weighted by molar-refractivity contribution is 5.93. The second-order valence-corrected chi connectivity index (χ2v) is 10.4. The maximum atomic E-state index is 13.3. The zero-order valence-corrected chi connectivity index (χ0v) is 17.8. The fourth-order valence-electron chi connectivity index (χ4n) is 6.85. The van der Waals surface area contributed by atoms with Gasteiger partial charge in [0.05, 0.1) is 6.67 Å². The number of piperidine rings is 1. The van der Waals surface area contributed by atoms with Crippen molar-refractivity contribution in [2.75, 3.05) is 31.2 Å². The van der Waals surface area contributed by atoms with E-state index in [9.17, 15) is 9.18 Å². The Morgan fingerprint density at radius 2 is 1.86 bits per heavy atom. The van der Waals surface area contributed by atoms with E-state index in [2.05, 4.69) is 29.0 Å². The van der Waals surface area contributed by atoms with Crippen LogP contribution in [-0.4, -0.2) is 42.6 Å². The first-order valence-electron chi connectivity index (χ1n) is 11.4. The molecule has 5 fully saturated rings. The summed E-state index contributed by atoms with van der Waals surface area (Å²) in [7, 11) is 0. The average molecular weight is 400 g/mol. The number of carbonyl (C=O) groups is 1. The number of nitrogens with one attached hydrogen (secondary N) is 1. The Hall–Kier alpha value is -1.62. The third-order valence-corrected chi connectivity index (χ3v) is 8.98. The summed E-state index contributed by atoms with van der Waals surface area (Å²) >= 11 is 0. The second-order valence-electron chi connectivity index (χ2n) is 10.4. The van der Waals surface area contributed by atoms with Crippen LogP contribution in [0.4, 0.5) is 10.1 Å². The Balaban J connectivity index is 1.20. The van der Waals surface area contributed by atoms with Gasteiger partial charge in [-0.1, -0.05) is 13.8 Å². The Morgan fingerprint density at radius 1 is 1.14 bits per heavy atom. The van der Waals surface area contributed by atoms with Gasteiger partial charge in [-0.3, -0.25) is 4.79 Å². The van der Waals surface area contributed by atoms with Crippen LogP contribution in [-0.2, 0) is 4.79 Å². The summed E-state index contributed by atoms with van der Waals surface area (Å²) < 4.78 is 13.3. The SMILES string of the molecule is CC1(C)C2CCC(CCN3CCC4(CC3)C(=O)NCN4c3ccc(F)cc3)C1C2. The molecule has 1 N–H and O–H groups in total. The first-order valence-corrected chi connectivity index (χ1v) is 11.4. The number of benzene rings is 1. The maximum Gasteiger partial charge on any atom is 0.247 e. The van der Waals surface area contributed by atoms with Gasteiger partial charge in [0.25, 0.3) is 0 Å². The quantitative estimate of drug-likeness (QED) is 0.831. The molecule has 5 heteroatoms. The van der Waals surface area contributed by atoms with Gasteiger partial charge in [-0.15, -0.1) is 0 Å². The minimum atomic E-state index is -0.470. The number of amides is 1. The van der Waals surface area contributed by atoms with Gasteiger partial charge in [-0.2, -0.15) is 0 Å². The van der Waals surface area contributed by atoms with Crippen LogP contribution in [0, 0.1) is 29.0 Å². The number of hydrogen-bond acceptors (Lipinski definition) is 3. The standard InChI is InChI=1S/C24H34FN3O/c1-23(2)18-4-3-17(21(23)15-18)9-12-27-13-10-24(11-14-27)22(29)26-16-28(24)20-7-5-19(25)6-8-20/h5-8,17-18,21H,3-4,9-16H2,1-2H3,(H,26,29). The first-order chi connectivity index (χ1) is 13.9. The number of rotatable bonds is 4. The molecule has 2 bridgehead atoms. The summed E-state index contributed by atoms with van der Waals surface area (Å²) in [6.45, 7) is 8.57. The lowest BCUT2D eigenvalue weighted by Gasteiger charge is -2.60. The summed E-state index contributed by atoms with van der Waals surface area (Å²) in [5.74, 6) is 2.68. The molecule has 4 nitrogen and oxygen atoms in total. The van der Waals surface area contributed by atoms with Gasteiger partial charge in [0.2, 0.25) is 5.91 Å². The molecule has 3 atom stereocenters. The van der Waals surface area contributed by atoms with Crippen molar-refractivity contribution in [1.82, 2.24) is 10.2 Å². The number of halogens is 1. The lowest BCUT2D eigenvalue weighted by molar-refractivity contribution is -0.125. The number of carbonyl (C=O) groups excluding carboxylic acids is 1. The van der Waals surface area contributed by atoms with Crippen molar-refractivity contribution in [2.45, 2.75) is 57.9 Å². The molecular weight excluding hydrogens is 365 g/mol. The molecule has 3 aliphatic carbocycles. The van der Waals surface area contributed by atoms with Crippen LogP contribution in [0.15, 0.2) is 24.3 Å². The van der Waals surface area contributed by atoms with Gasteiger partial charge in [0.15, 0.2) is 0 Å². The van der Waals surface area contributed by atoms with E-state index in [-0.39, 0.29) is 11.7 Å². The van der Waals surface area contributed by atoms with Gasteiger partial charge in [0, 0.05) is 18.8 Å². The largest absolute Gasteiger partial charge is 0.339 e. The Labute approximate surface area is 173 Å². The summed E-state index contributed by atoms with van der Waals surface area (Å²) in [4.78, 5) is 17.5. The van der Waals surface area contributed by atoms with Crippen molar-refractivity contribution in [2.24, 2.45) is 23.2 Å². The molecule has 5 aliphatic rings. The molecule has 2 saturated heterocycles. The lowest BCUT2D eigenvalue weighted by atomic mass is 9.45. The number of nitrogens with zero attached hydrogens (tertiary/aromatic N) is 2. The van der Waals surface area contributed by atoms with Crippen molar-refractivity contribution < 1.29 is 9.18 Å². The highest BCUT2D eigenvalue weighted by atomic mass is 19.1. The van der Waals surface area contributed by atoms with Crippen LogP contribution >= 0.6 is 0 Å². The van der Waals surface area contributed by atoms with Gasteiger partial charge in [-0.05, 0) is 92.5 Å². The molecule has 1 amide bonds. The normalized spacial score (nSPS) is 32.9. The van der Waals surface area contributed by atoms with E-state index in [1.807, 2.05) is 0 Å². The van der Waals surface area contributed by atoms with E-state index in [0.29, 0.717) is 12.1 Å². The van der Waals surface area contributed by atoms with Crippen LogP contribution < -0.4 is 10.2 Å². The zero-order chi connectivity index (χ0) is 20.2. The first kappa shape index (κ1) is 19.3. The summed E-state index contributed by atoms with van der Waals surface area (Å²) in [5, 5.41) is 3.04. The predicted molar refractivity (Wildman–Crippen MR) is 113 cm³/mol. The van der Waals surface area contributed by atoms with Crippen LogP contribution in [0.25, 0.3) is 0 Å². The minimum Gasteiger partial charge on any atom is -0.339 e. The van der Waals surface area contributed by atoms with Gasteiger partial charge < -0.3 is 15.1 Å². The van der Waals surface area contributed by atoms with E-state index in [0.717, 1.165) is 55.9 Å². The van der Waals surface area contributed by atoms with E-state index in [1.54, 1.807) is 12.1 Å². The summed E-state index contributed by atoms with van der Waals surface area (Å²) in [6, 6.07) is 6.55. The number of anilines is 1. The molecule has 6 rings (SSSR count). The van der Waals surface area contributed by atoms with Crippen LogP contribution in [0.5, 0.6) is 0 Å². The van der Waals surface area contributed by atoms with Crippen molar-refractivity contribution in [3.8, 4) is 0 Å². The van der Waals surface area contributed by atoms with Crippen molar-refractivity contribution in [1.29, 1.82) is 0 Å². The molecule has 1 aromatic carbocycles. The fraction of sp³-hybridized carbons (Fsp3) is 0.708. The monoisotopic (exact) mass is 399 g/mol. The lowest BCUT2D eigenvalue weighted by Crippen LogP contribution is -2.57. The number of likely N-dealkylation sites (tertiary alicyclic amines) is 1. The Morgan fingerprint density at radius 3 is 2.52 bits per heavy atom. The fourth-order valence-corrected chi connectivity index (χ4v) is 6.85. The second kappa shape index (κ2) is 6.97. The molecule has 2 aliphatic heterocycles. The Kier molecular flexibility index (Phi) is 4.65. The summed E-state index contributed by atoms with van der Waals surface area (Å²) in [5.41, 5.74) is 1.02. The highest BCUT2D eigenvalue weighted by Crippen LogP contribution is 2.62. The van der Waals surface area contributed by atoms with Crippen molar-refractivity contribution >= 4 is 11.6 Å². The molecule has 29 heavy (non-hydrogen) atoms. The molecule has 158 valence electrons. The molecule has 1 spiro atoms. The third kappa shape index (κ3) is 3.08. The van der Waals surface area contributed by atoms with E-state index in [4.69, 9.17) is 0 Å². The Bertz CT molecular complexity index is 767. The molecular formula is C24H34FN3O. The van der Waals surface area contributed by atoms with Crippen molar-refractivity contribution in [3.63, 3.8) is 0 Å². The topological polar surface area (TPSA) is 35.6 Å². The van der Waals surface area contributed by atoms with Crippen LogP contribution in [0.1, 0.15) is 52.4 Å². The van der Waals surface area contributed by atoms with E-state index in [1.165, 1.54) is 37.8 Å². The molecule has 1 aromatic rings. The zero-order valence-electron chi connectivity index (χ0n) is 17.8. The van der Waals surface area contributed by atoms with Gasteiger partial charge >= 0.3 is 0 Å². The maximum absolute atomic E-state index is 13.3. The number of fused-ring (bicyclic) bond motifs is 2. The van der Waals surface area contributed by atoms with Gasteiger partial charge in [0.1, 0.15) is 11.4 Å². The molecule has 3 unspecified atom stereocenters. The van der Waals surface area contributed by atoms with E-state index >= 15 is 0 Å². The average Bonchev–Trinajstić information content (AvgIpc) is 3.04. The van der Waals surface area contributed by atoms with Crippen molar-refractivity contribution in [3.05, 3.63) is 30.1 Å². The summed E-state index contributed by atoms with van der Waals surface area (Å²) in [6.07, 6.45) is 7.28. The third-order valence-electron chi connectivity index (χ3n) is 8.98. The highest BCUT2D eigenvalue weighted by Gasteiger charge is 2.54. The minimum absolute atomic E-state index is 0.135. The van der Waals surface area contributed by atoms with Crippen LogP contribution in [0.2, 0.25) is 0 Å². The van der Waals surface area contributed by atoms with E-state index < -0.39 is 5.54 Å².